The van der Waals surface area contributed by atoms with Gasteiger partial charge in [0.2, 0.25) is 15.9 Å². The van der Waals surface area contributed by atoms with Crippen molar-refractivity contribution in [2.24, 2.45) is 5.14 Å². The lowest BCUT2D eigenvalue weighted by Crippen LogP contribution is -2.47. The number of hydrogen-bond donors (Lipinski definition) is 2. The zero-order valence-corrected chi connectivity index (χ0v) is 16.8. The van der Waals surface area contributed by atoms with Gasteiger partial charge in [-0.2, -0.15) is 0 Å². The Balaban J connectivity index is 1.45. The Kier molecular flexibility index (Phi) is 6.50. The molecule has 0 spiro atoms. The van der Waals surface area contributed by atoms with E-state index in [0.717, 1.165) is 32.0 Å². The molecule has 2 aromatic rings. The van der Waals surface area contributed by atoms with E-state index in [-0.39, 0.29) is 10.8 Å². The third-order valence-electron chi connectivity index (χ3n) is 4.51. The summed E-state index contributed by atoms with van der Waals surface area (Å²) in [5.74, 6) is 0.727. The number of carbonyl (C=O) groups excluding carboxylic acids is 1. The van der Waals surface area contributed by atoms with Crippen LogP contribution in [0.2, 0.25) is 5.02 Å². The van der Waals surface area contributed by atoms with E-state index in [0.29, 0.717) is 23.7 Å². The van der Waals surface area contributed by atoms with Crippen molar-refractivity contribution >= 4 is 39.0 Å². The summed E-state index contributed by atoms with van der Waals surface area (Å²) in [7, 11) is -3.80. The smallest absolute Gasteiger partial charge is 0.238 e. The van der Waals surface area contributed by atoms with Crippen molar-refractivity contribution in [2.75, 3.05) is 42.9 Å². The molecule has 0 unspecified atom stereocenters. The minimum absolute atomic E-state index is 0.0303. The van der Waals surface area contributed by atoms with Crippen molar-refractivity contribution in [1.29, 1.82) is 0 Å². The number of hydrogen-bond acceptors (Lipinski definition) is 6. The summed E-state index contributed by atoms with van der Waals surface area (Å²) in [5.41, 5.74) is 0.412. The zero-order chi connectivity index (χ0) is 20.1. The molecule has 8 nitrogen and oxygen atoms in total. The van der Waals surface area contributed by atoms with Gasteiger partial charge in [0, 0.05) is 51.0 Å². The highest BCUT2D eigenvalue weighted by molar-refractivity contribution is 7.89. The van der Waals surface area contributed by atoms with E-state index in [1.807, 2.05) is 12.1 Å². The summed E-state index contributed by atoms with van der Waals surface area (Å²) in [6, 6.07) is 9.64. The number of carbonyl (C=O) groups is 1. The van der Waals surface area contributed by atoms with E-state index in [9.17, 15) is 13.2 Å². The molecule has 1 saturated heterocycles. The number of benzene rings is 1. The van der Waals surface area contributed by atoms with Crippen LogP contribution in [0.4, 0.5) is 11.5 Å². The maximum absolute atomic E-state index is 12.2. The van der Waals surface area contributed by atoms with Gasteiger partial charge in [0.15, 0.2) is 0 Å². The van der Waals surface area contributed by atoms with Crippen LogP contribution in [0.15, 0.2) is 47.5 Å². The normalized spacial score (nSPS) is 15.4. The minimum atomic E-state index is -3.80. The van der Waals surface area contributed by atoms with Gasteiger partial charge in [0.1, 0.15) is 5.82 Å². The second-order valence-corrected chi connectivity index (χ2v) is 8.53. The molecule has 0 saturated carbocycles. The van der Waals surface area contributed by atoms with Crippen molar-refractivity contribution < 1.29 is 13.2 Å². The summed E-state index contributed by atoms with van der Waals surface area (Å²) in [6.07, 6.45) is 1.96. The van der Waals surface area contributed by atoms with Gasteiger partial charge < -0.3 is 10.2 Å². The molecule has 150 valence electrons. The van der Waals surface area contributed by atoms with Crippen LogP contribution in [0, 0.1) is 0 Å². The number of aromatic nitrogens is 1. The molecule has 1 amide bonds. The molecule has 10 heteroatoms. The van der Waals surface area contributed by atoms with Gasteiger partial charge in [-0.15, -0.1) is 0 Å². The molecule has 1 aromatic carbocycles. The first-order chi connectivity index (χ1) is 13.3. The third kappa shape index (κ3) is 5.65. The van der Waals surface area contributed by atoms with Crippen molar-refractivity contribution in [3.8, 4) is 0 Å². The first-order valence-electron chi connectivity index (χ1n) is 8.83. The van der Waals surface area contributed by atoms with Crippen LogP contribution in [-0.2, 0) is 14.8 Å². The number of piperazine rings is 1. The Labute approximate surface area is 169 Å². The second-order valence-electron chi connectivity index (χ2n) is 6.53. The molecule has 0 aliphatic carbocycles. The number of nitrogens with one attached hydrogen (secondary N) is 1. The summed E-state index contributed by atoms with van der Waals surface area (Å²) >= 11 is 5.87. The van der Waals surface area contributed by atoms with E-state index in [1.54, 1.807) is 18.3 Å². The summed E-state index contributed by atoms with van der Waals surface area (Å²) in [5, 5.41) is 8.44. The van der Waals surface area contributed by atoms with E-state index in [4.69, 9.17) is 16.7 Å². The van der Waals surface area contributed by atoms with Crippen LogP contribution in [0.5, 0.6) is 0 Å². The minimum Gasteiger partial charge on any atom is -0.354 e. The second kappa shape index (κ2) is 8.87. The van der Waals surface area contributed by atoms with Crippen LogP contribution in [0.25, 0.3) is 0 Å². The largest absolute Gasteiger partial charge is 0.354 e. The average molecular weight is 424 g/mol. The first kappa shape index (κ1) is 20.5. The molecule has 3 N–H and O–H groups in total. The molecule has 0 atom stereocenters. The highest BCUT2D eigenvalue weighted by Crippen LogP contribution is 2.17. The number of rotatable bonds is 6. The lowest BCUT2D eigenvalue weighted by molar-refractivity contribution is -0.116. The lowest BCUT2D eigenvalue weighted by atomic mass is 10.2. The SMILES string of the molecule is NS(=O)(=O)c1cccc(NC(=O)CCN2CCN(c3ccc(Cl)cn3)CC2)c1. The maximum atomic E-state index is 12.2. The van der Waals surface area contributed by atoms with Crippen LogP contribution >= 0.6 is 11.6 Å². The molecular formula is C18H22ClN5O3S. The van der Waals surface area contributed by atoms with Gasteiger partial charge in [0.25, 0.3) is 0 Å². The fourth-order valence-electron chi connectivity index (χ4n) is 2.99. The molecule has 1 aromatic heterocycles. The number of nitrogens with two attached hydrogens (primary N) is 1. The molecule has 1 aliphatic rings. The topological polar surface area (TPSA) is 109 Å². The van der Waals surface area contributed by atoms with Crippen LogP contribution < -0.4 is 15.4 Å². The predicted molar refractivity (Wildman–Crippen MR) is 109 cm³/mol. The van der Waals surface area contributed by atoms with Crippen LogP contribution in [-0.4, -0.2) is 56.9 Å². The fraction of sp³-hybridized carbons (Fsp3) is 0.333. The van der Waals surface area contributed by atoms with E-state index in [1.165, 1.54) is 12.1 Å². The number of pyridine rings is 1. The predicted octanol–water partition coefficient (Wildman–Crippen LogP) is 1.53. The number of anilines is 2. The summed E-state index contributed by atoms with van der Waals surface area (Å²) in [6.45, 7) is 3.94. The molecule has 1 aliphatic heterocycles. The molecule has 28 heavy (non-hydrogen) atoms. The van der Waals surface area contributed by atoms with Gasteiger partial charge >= 0.3 is 0 Å². The van der Waals surface area contributed by atoms with E-state index in [2.05, 4.69) is 20.1 Å². The van der Waals surface area contributed by atoms with Crippen LogP contribution in [0.1, 0.15) is 6.42 Å². The standard InChI is InChI=1S/C18H22ClN5O3S/c19-14-4-5-17(21-13-14)24-10-8-23(9-11-24)7-6-18(25)22-15-2-1-3-16(12-15)28(20,26)27/h1-5,12-13H,6-11H2,(H,22,25)(H2,20,26,27). The number of nitrogens with zero attached hydrogens (tertiary/aromatic N) is 3. The molecular weight excluding hydrogens is 402 g/mol. The molecule has 3 rings (SSSR count). The quantitative estimate of drug-likeness (QED) is 0.729. The van der Waals surface area contributed by atoms with E-state index < -0.39 is 10.0 Å². The summed E-state index contributed by atoms with van der Waals surface area (Å²) in [4.78, 5) is 20.9. The Bertz CT molecular complexity index is 928. The highest BCUT2D eigenvalue weighted by atomic mass is 35.5. The first-order valence-corrected chi connectivity index (χ1v) is 10.8. The summed E-state index contributed by atoms with van der Waals surface area (Å²) < 4.78 is 22.8. The Morgan fingerprint density at radius 1 is 1.18 bits per heavy atom. The number of sulfonamides is 1. The maximum Gasteiger partial charge on any atom is 0.238 e. The van der Waals surface area contributed by atoms with Crippen molar-refractivity contribution in [2.45, 2.75) is 11.3 Å². The Hall–Kier alpha value is -2.20. The lowest BCUT2D eigenvalue weighted by Gasteiger charge is -2.35. The van der Waals surface area contributed by atoms with Crippen molar-refractivity contribution in [1.82, 2.24) is 9.88 Å². The monoisotopic (exact) mass is 423 g/mol. The Morgan fingerprint density at radius 2 is 1.93 bits per heavy atom. The Morgan fingerprint density at radius 3 is 2.57 bits per heavy atom. The van der Waals surface area contributed by atoms with E-state index >= 15 is 0 Å². The number of amides is 1. The molecule has 1 fully saturated rings. The number of primary sulfonamides is 1. The third-order valence-corrected chi connectivity index (χ3v) is 5.64. The molecule has 0 bridgehead atoms. The average Bonchev–Trinajstić information content (AvgIpc) is 2.67. The van der Waals surface area contributed by atoms with Gasteiger partial charge in [-0.25, -0.2) is 18.5 Å². The van der Waals surface area contributed by atoms with Crippen molar-refractivity contribution in [3.63, 3.8) is 0 Å². The number of halogens is 1. The fourth-order valence-corrected chi connectivity index (χ4v) is 3.66. The molecule has 0 radical (unpaired) electrons. The van der Waals surface area contributed by atoms with Gasteiger partial charge in [0.05, 0.1) is 9.92 Å². The van der Waals surface area contributed by atoms with Crippen molar-refractivity contribution in [3.05, 3.63) is 47.6 Å². The van der Waals surface area contributed by atoms with Gasteiger partial charge in [-0.1, -0.05) is 17.7 Å². The van der Waals surface area contributed by atoms with Gasteiger partial charge in [-0.05, 0) is 30.3 Å². The highest BCUT2D eigenvalue weighted by Gasteiger charge is 2.18. The van der Waals surface area contributed by atoms with Crippen LogP contribution in [0.3, 0.4) is 0 Å². The van der Waals surface area contributed by atoms with Gasteiger partial charge in [-0.3, -0.25) is 9.69 Å². The zero-order valence-electron chi connectivity index (χ0n) is 15.2. The molecule has 2 heterocycles.